The molecule has 0 aliphatic heterocycles. The van der Waals surface area contributed by atoms with E-state index in [9.17, 15) is 4.39 Å². The van der Waals surface area contributed by atoms with Crippen molar-refractivity contribution in [2.75, 3.05) is 0 Å². The van der Waals surface area contributed by atoms with Crippen molar-refractivity contribution < 1.29 is 4.39 Å². The van der Waals surface area contributed by atoms with Crippen molar-refractivity contribution in [3.63, 3.8) is 0 Å². The van der Waals surface area contributed by atoms with Crippen LogP contribution in [0.2, 0.25) is 0 Å². The summed E-state index contributed by atoms with van der Waals surface area (Å²) in [6.45, 7) is 2.10. The molecule has 2 rings (SSSR count). The third-order valence-electron chi connectivity index (χ3n) is 2.42. The van der Waals surface area contributed by atoms with Gasteiger partial charge in [0.15, 0.2) is 0 Å². The molecule has 0 unspecified atom stereocenters. The van der Waals surface area contributed by atoms with E-state index < -0.39 is 0 Å². The number of H-pyrrole nitrogens is 1. The molecule has 0 amide bonds. The lowest BCUT2D eigenvalue weighted by molar-refractivity contribution is 0.628. The zero-order valence-electron chi connectivity index (χ0n) is 9.53. The van der Waals surface area contributed by atoms with Crippen LogP contribution in [0.3, 0.4) is 0 Å². The third-order valence-corrected chi connectivity index (χ3v) is 2.63. The number of aryl methyl sites for hydroxylation is 1. The molecule has 17 heavy (non-hydrogen) atoms. The van der Waals surface area contributed by atoms with Crippen LogP contribution in [-0.4, -0.2) is 9.97 Å². The zero-order chi connectivity index (χ0) is 12.3. The molecule has 0 spiro atoms. The molecule has 0 radical (unpaired) electrons. The van der Waals surface area contributed by atoms with E-state index in [2.05, 4.69) is 16.9 Å². The van der Waals surface area contributed by atoms with Gasteiger partial charge in [-0.25, -0.2) is 9.37 Å². The van der Waals surface area contributed by atoms with E-state index in [1.807, 2.05) is 12.1 Å². The lowest BCUT2D eigenvalue weighted by Crippen LogP contribution is -1.96. The highest BCUT2D eigenvalue weighted by atomic mass is 32.1. The number of aromatic nitrogens is 2. The van der Waals surface area contributed by atoms with E-state index in [1.165, 1.54) is 12.1 Å². The number of rotatable bonds is 3. The summed E-state index contributed by atoms with van der Waals surface area (Å²) in [6, 6.07) is 8.18. The number of nitrogens with one attached hydrogen (secondary N) is 1. The molecule has 1 N–H and O–H groups in total. The van der Waals surface area contributed by atoms with Crippen LogP contribution in [0.4, 0.5) is 4.39 Å². The first kappa shape index (κ1) is 11.9. The molecule has 0 fully saturated rings. The fraction of sp³-hybridized carbons (Fsp3) is 0.231. The van der Waals surface area contributed by atoms with Crippen LogP contribution in [-0.2, 0) is 6.42 Å². The second-order valence-corrected chi connectivity index (χ2v) is 4.27. The second kappa shape index (κ2) is 5.19. The number of benzene rings is 1. The maximum absolute atomic E-state index is 13.1. The van der Waals surface area contributed by atoms with Gasteiger partial charge in [-0.15, -0.1) is 0 Å². The Morgan fingerprint density at radius 1 is 1.35 bits per heavy atom. The summed E-state index contributed by atoms with van der Waals surface area (Å²) in [7, 11) is 0. The average molecular weight is 248 g/mol. The van der Waals surface area contributed by atoms with E-state index >= 15 is 0 Å². The standard InChI is InChI=1S/C13H13FN2S/c1-2-4-11-8-12(17)16-13(15-11)9-5-3-6-10(14)7-9/h3,5-8H,2,4H2,1H3,(H,15,16,17). The topological polar surface area (TPSA) is 28.7 Å². The minimum atomic E-state index is -0.274. The average Bonchev–Trinajstić information content (AvgIpc) is 2.28. The second-order valence-electron chi connectivity index (χ2n) is 3.85. The third kappa shape index (κ3) is 2.97. The van der Waals surface area contributed by atoms with Crippen LogP contribution in [0.25, 0.3) is 11.4 Å². The zero-order valence-corrected chi connectivity index (χ0v) is 10.4. The summed E-state index contributed by atoms with van der Waals surface area (Å²) >= 11 is 5.11. The highest BCUT2D eigenvalue weighted by molar-refractivity contribution is 7.71. The molecule has 4 heteroatoms. The summed E-state index contributed by atoms with van der Waals surface area (Å²) in [6.07, 6.45) is 1.94. The Balaban J connectivity index is 2.48. The van der Waals surface area contributed by atoms with E-state index in [-0.39, 0.29) is 5.82 Å². The fourth-order valence-corrected chi connectivity index (χ4v) is 1.92. The first-order valence-electron chi connectivity index (χ1n) is 5.55. The van der Waals surface area contributed by atoms with Crippen molar-refractivity contribution in [2.45, 2.75) is 19.8 Å². The molecule has 1 aromatic heterocycles. The molecule has 0 aliphatic carbocycles. The first-order chi connectivity index (χ1) is 8.19. The van der Waals surface area contributed by atoms with Gasteiger partial charge in [-0.05, 0) is 24.6 Å². The number of nitrogens with zero attached hydrogens (tertiary/aromatic N) is 1. The number of halogens is 1. The van der Waals surface area contributed by atoms with Crippen molar-refractivity contribution in [3.8, 4) is 11.4 Å². The van der Waals surface area contributed by atoms with Crippen LogP contribution in [0, 0.1) is 10.5 Å². The lowest BCUT2D eigenvalue weighted by atomic mass is 10.2. The molecule has 2 aromatic rings. The lowest BCUT2D eigenvalue weighted by Gasteiger charge is -2.05. The Kier molecular flexibility index (Phi) is 3.64. The van der Waals surface area contributed by atoms with Gasteiger partial charge >= 0.3 is 0 Å². The van der Waals surface area contributed by atoms with Crippen molar-refractivity contribution >= 4 is 12.2 Å². The fourth-order valence-electron chi connectivity index (χ4n) is 1.68. The number of aromatic amines is 1. The predicted octanol–water partition coefficient (Wildman–Crippen LogP) is 3.90. The maximum Gasteiger partial charge on any atom is 0.139 e. The monoisotopic (exact) mass is 248 g/mol. The van der Waals surface area contributed by atoms with E-state index in [4.69, 9.17) is 12.2 Å². The van der Waals surface area contributed by atoms with Crippen molar-refractivity contribution in [3.05, 3.63) is 46.5 Å². The summed E-state index contributed by atoms with van der Waals surface area (Å²) in [5.74, 6) is 0.352. The Bertz CT molecular complexity index is 578. The minimum Gasteiger partial charge on any atom is -0.343 e. The Labute approximate surface area is 105 Å². The van der Waals surface area contributed by atoms with Crippen LogP contribution < -0.4 is 0 Å². The Morgan fingerprint density at radius 2 is 2.18 bits per heavy atom. The molecule has 0 saturated carbocycles. The van der Waals surface area contributed by atoms with Gasteiger partial charge in [-0.1, -0.05) is 37.7 Å². The number of hydrogen-bond donors (Lipinski definition) is 1. The van der Waals surface area contributed by atoms with Crippen molar-refractivity contribution in [1.29, 1.82) is 0 Å². The summed E-state index contributed by atoms with van der Waals surface area (Å²) in [4.78, 5) is 7.41. The molecule has 0 aliphatic rings. The van der Waals surface area contributed by atoms with Gasteiger partial charge in [-0.3, -0.25) is 0 Å². The molecule has 2 nitrogen and oxygen atoms in total. The van der Waals surface area contributed by atoms with Gasteiger partial charge in [0.25, 0.3) is 0 Å². The molecule has 1 heterocycles. The Morgan fingerprint density at radius 3 is 2.88 bits per heavy atom. The summed E-state index contributed by atoms with van der Waals surface area (Å²) in [5.41, 5.74) is 1.75. The first-order valence-corrected chi connectivity index (χ1v) is 5.96. The van der Waals surface area contributed by atoms with E-state index in [0.29, 0.717) is 16.0 Å². The van der Waals surface area contributed by atoms with Crippen LogP contribution in [0.1, 0.15) is 19.0 Å². The predicted molar refractivity (Wildman–Crippen MR) is 68.8 cm³/mol. The quantitative estimate of drug-likeness (QED) is 0.835. The minimum absolute atomic E-state index is 0.274. The van der Waals surface area contributed by atoms with Crippen molar-refractivity contribution in [1.82, 2.24) is 9.97 Å². The summed E-state index contributed by atoms with van der Waals surface area (Å²) < 4.78 is 13.7. The number of hydrogen-bond acceptors (Lipinski definition) is 2. The Hall–Kier alpha value is -1.55. The van der Waals surface area contributed by atoms with Crippen LogP contribution >= 0.6 is 12.2 Å². The molecule has 1 aromatic carbocycles. The molecular formula is C13H13FN2S. The molecule has 0 bridgehead atoms. The highest BCUT2D eigenvalue weighted by Gasteiger charge is 2.03. The molecular weight excluding hydrogens is 235 g/mol. The van der Waals surface area contributed by atoms with Crippen LogP contribution in [0.5, 0.6) is 0 Å². The van der Waals surface area contributed by atoms with Gasteiger partial charge in [0.2, 0.25) is 0 Å². The molecule has 0 saturated heterocycles. The maximum atomic E-state index is 13.1. The van der Waals surface area contributed by atoms with Crippen molar-refractivity contribution in [2.24, 2.45) is 0 Å². The summed E-state index contributed by atoms with van der Waals surface area (Å²) in [5, 5.41) is 0. The van der Waals surface area contributed by atoms with E-state index in [0.717, 1.165) is 18.5 Å². The largest absolute Gasteiger partial charge is 0.343 e. The van der Waals surface area contributed by atoms with Gasteiger partial charge in [0.05, 0.1) is 0 Å². The highest BCUT2D eigenvalue weighted by Crippen LogP contribution is 2.16. The smallest absolute Gasteiger partial charge is 0.139 e. The van der Waals surface area contributed by atoms with Gasteiger partial charge < -0.3 is 4.98 Å². The SMILES string of the molecule is CCCc1cc(=S)nc(-c2cccc(F)c2)[nH]1. The normalized spacial score (nSPS) is 10.5. The van der Waals surface area contributed by atoms with Gasteiger partial charge in [-0.2, -0.15) is 0 Å². The van der Waals surface area contributed by atoms with Gasteiger partial charge in [0, 0.05) is 11.3 Å². The van der Waals surface area contributed by atoms with Crippen LogP contribution in [0.15, 0.2) is 30.3 Å². The molecule has 88 valence electrons. The van der Waals surface area contributed by atoms with Gasteiger partial charge in [0.1, 0.15) is 16.3 Å². The van der Waals surface area contributed by atoms with E-state index in [1.54, 1.807) is 6.07 Å². The molecule has 0 atom stereocenters.